The molecule has 0 radical (unpaired) electrons. The number of nitrogens with zero attached hydrogens (tertiary/aromatic N) is 2. The van der Waals surface area contributed by atoms with E-state index >= 15 is 0 Å². The largest absolute Gasteiger partial charge is 0.440 e. The van der Waals surface area contributed by atoms with Crippen LogP contribution in [0.1, 0.15) is 10.8 Å². The summed E-state index contributed by atoms with van der Waals surface area (Å²) in [7, 11) is 0. The summed E-state index contributed by atoms with van der Waals surface area (Å²) < 4.78 is 5.61. The number of nitrogens with two attached hydrogens (primary N) is 1. The van der Waals surface area contributed by atoms with E-state index in [1.165, 1.54) is 0 Å². The van der Waals surface area contributed by atoms with Crippen LogP contribution in [0.25, 0.3) is 11.1 Å². The molecule has 0 atom stereocenters. The smallest absolute Gasteiger partial charge is 0.200 e. The minimum absolute atomic E-state index is 0.680. The first-order valence-electron chi connectivity index (χ1n) is 4.83. The lowest BCUT2D eigenvalue weighted by molar-refractivity contribution is 0.545. The van der Waals surface area contributed by atoms with Crippen molar-refractivity contribution in [1.82, 2.24) is 9.97 Å². The van der Waals surface area contributed by atoms with Crippen LogP contribution < -0.4 is 5.73 Å². The first-order valence-corrected chi connectivity index (χ1v) is 5.71. The predicted octanol–water partition coefficient (Wildman–Crippen LogP) is 2.46. The maximum atomic E-state index is 5.68. The van der Waals surface area contributed by atoms with Gasteiger partial charge in [-0.15, -0.1) is 11.3 Å². The molecule has 5 heteroatoms. The zero-order chi connectivity index (χ0) is 11.0. The Kier molecular flexibility index (Phi) is 2.11. The van der Waals surface area contributed by atoms with Gasteiger partial charge in [-0.25, -0.2) is 4.98 Å². The molecule has 3 rings (SSSR count). The molecule has 0 aliphatic rings. The Morgan fingerprint density at radius 2 is 2.31 bits per heavy atom. The maximum Gasteiger partial charge on any atom is 0.200 e. The lowest BCUT2D eigenvalue weighted by Gasteiger charge is -1.88. The fourth-order valence-electron chi connectivity index (χ4n) is 1.55. The lowest BCUT2D eigenvalue weighted by Crippen LogP contribution is -1.84. The van der Waals surface area contributed by atoms with Crippen LogP contribution in [0, 0.1) is 0 Å². The third-order valence-electron chi connectivity index (χ3n) is 2.26. The van der Waals surface area contributed by atoms with Crippen molar-refractivity contribution < 1.29 is 4.42 Å². The number of aromatic nitrogens is 2. The number of hydrogen-bond acceptors (Lipinski definition) is 5. The molecule has 0 unspecified atom stereocenters. The van der Waals surface area contributed by atoms with Gasteiger partial charge in [0.05, 0.1) is 11.9 Å². The van der Waals surface area contributed by atoms with Gasteiger partial charge in [0.2, 0.25) is 5.89 Å². The van der Waals surface area contributed by atoms with E-state index in [1.54, 1.807) is 16.8 Å². The highest BCUT2D eigenvalue weighted by Gasteiger charge is 2.07. The number of thiazole rings is 1. The molecule has 0 aliphatic carbocycles. The number of rotatable bonds is 2. The number of hydrogen-bond donors (Lipinski definition) is 1. The van der Waals surface area contributed by atoms with Crippen LogP contribution in [0.4, 0.5) is 5.69 Å². The summed E-state index contributed by atoms with van der Waals surface area (Å²) in [6.07, 6.45) is 2.51. The van der Waals surface area contributed by atoms with Gasteiger partial charge in [-0.2, -0.15) is 0 Å². The molecule has 16 heavy (non-hydrogen) atoms. The van der Waals surface area contributed by atoms with Gasteiger partial charge in [0, 0.05) is 16.8 Å². The van der Waals surface area contributed by atoms with Gasteiger partial charge in [-0.05, 0) is 18.2 Å². The standard InChI is InChI=1S/C11H9N3OS/c12-7-1-2-10-9(3-7)14-11(15-10)4-8-5-13-6-16-8/h1-3,5-6H,4,12H2. The third kappa shape index (κ3) is 1.65. The quantitative estimate of drug-likeness (QED) is 0.688. The van der Waals surface area contributed by atoms with Crippen LogP contribution in [-0.2, 0) is 6.42 Å². The van der Waals surface area contributed by atoms with Crippen LogP contribution in [-0.4, -0.2) is 9.97 Å². The topological polar surface area (TPSA) is 64.9 Å². The second-order valence-corrected chi connectivity index (χ2v) is 4.45. The molecule has 3 aromatic rings. The van der Waals surface area contributed by atoms with Crippen LogP contribution in [0.15, 0.2) is 34.3 Å². The summed E-state index contributed by atoms with van der Waals surface area (Å²) in [4.78, 5) is 9.53. The Hall–Kier alpha value is -1.88. The Morgan fingerprint density at radius 1 is 1.38 bits per heavy atom. The van der Waals surface area contributed by atoms with Crippen molar-refractivity contribution >= 4 is 28.1 Å². The highest BCUT2D eigenvalue weighted by molar-refractivity contribution is 7.09. The molecule has 0 saturated carbocycles. The summed E-state index contributed by atoms with van der Waals surface area (Å²) in [5.41, 5.74) is 9.76. The fourth-order valence-corrected chi connectivity index (χ4v) is 2.13. The molecule has 0 bridgehead atoms. The van der Waals surface area contributed by atoms with Gasteiger partial charge < -0.3 is 10.2 Å². The summed E-state index contributed by atoms with van der Waals surface area (Å²) in [5.74, 6) is 0.699. The van der Waals surface area contributed by atoms with Crippen LogP contribution in [0.5, 0.6) is 0 Å². The summed E-state index contributed by atoms with van der Waals surface area (Å²) in [5, 5.41) is 0. The van der Waals surface area contributed by atoms with Crippen LogP contribution in [0.3, 0.4) is 0 Å². The number of benzene rings is 1. The highest BCUT2D eigenvalue weighted by Crippen LogP contribution is 2.20. The Bertz CT molecular complexity index is 615. The predicted molar refractivity (Wildman–Crippen MR) is 63.3 cm³/mol. The Labute approximate surface area is 95.7 Å². The van der Waals surface area contributed by atoms with Gasteiger partial charge in [-0.3, -0.25) is 4.98 Å². The van der Waals surface area contributed by atoms with Gasteiger partial charge >= 0.3 is 0 Å². The SMILES string of the molecule is Nc1ccc2oc(Cc3cncs3)nc2c1. The number of nitrogen functional groups attached to an aromatic ring is 1. The van der Waals surface area contributed by atoms with Gasteiger partial charge in [-0.1, -0.05) is 0 Å². The first-order chi connectivity index (χ1) is 7.81. The lowest BCUT2D eigenvalue weighted by atomic mass is 10.3. The Morgan fingerprint density at radius 3 is 3.12 bits per heavy atom. The van der Waals surface area contributed by atoms with Crippen molar-refractivity contribution in [2.45, 2.75) is 6.42 Å². The van der Waals surface area contributed by atoms with Crippen molar-refractivity contribution in [3.05, 3.63) is 40.7 Å². The molecule has 4 nitrogen and oxygen atoms in total. The van der Waals surface area contributed by atoms with E-state index in [9.17, 15) is 0 Å². The van der Waals surface area contributed by atoms with E-state index in [4.69, 9.17) is 10.2 Å². The van der Waals surface area contributed by atoms with Crippen LogP contribution >= 0.6 is 11.3 Å². The van der Waals surface area contributed by atoms with Crippen molar-refractivity contribution in [2.75, 3.05) is 5.73 Å². The molecule has 0 fully saturated rings. The molecular formula is C11H9N3OS. The second-order valence-electron chi connectivity index (χ2n) is 3.48. The van der Waals surface area contributed by atoms with Gasteiger partial charge in [0.15, 0.2) is 5.58 Å². The van der Waals surface area contributed by atoms with E-state index in [-0.39, 0.29) is 0 Å². The number of anilines is 1. The molecule has 1 aromatic carbocycles. The normalized spacial score (nSPS) is 11.0. The summed E-state index contributed by atoms with van der Waals surface area (Å²) in [6.45, 7) is 0. The average Bonchev–Trinajstić information content (AvgIpc) is 2.86. The highest BCUT2D eigenvalue weighted by atomic mass is 32.1. The molecule has 0 saturated heterocycles. The summed E-state index contributed by atoms with van der Waals surface area (Å²) in [6, 6.07) is 5.47. The zero-order valence-corrected chi connectivity index (χ0v) is 9.20. The van der Waals surface area contributed by atoms with Gasteiger partial charge in [0.1, 0.15) is 5.52 Å². The van der Waals surface area contributed by atoms with E-state index in [1.807, 2.05) is 24.4 Å². The first kappa shape index (κ1) is 9.35. The molecule has 0 aliphatic heterocycles. The third-order valence-corrected chi connectivity index (χ3v) is 3.04. The monoisotopic (exact) mass is 231 g/mol. The van der Waals surface area contributed by atoms with E-state index < -0.39 is 0 Å². The van der Waals surface area contributed by atoms with E-state index in [2.05, 4.69) is 9.97 Å². The van der Waals surface area contributed by atoms with Crippen molar-refractivity contribution in [1.29, 1.82) is 0 Å². The Balaban J connectivity index is 1.99. The number of fused-ring (bicyclic) bond motifs is 1. The molecule has 80 valence electrons. The average molecular weight is 231 g/mol. The number of oxazole rings is 1. The zero-order valence-electron chi connectivity index (χ0n) is 8.38. The summed E-state index contributed by atoms with van der Waals surface area (Å²) >= 11 is 1.60. The minimum atomic E-state index is 0.680. The second kappa shape index (κ2) is 3.61. The van der Waals surface area contributed by atoms with E-state index in [0.29, 0.717) is 18.0 Å². The maximum absolute atomic E-state index is 5.68. The molecule has 0 amide bonds. The van der Waals surface area contributed by atoms with Gasteiger partial charge in [0.25, 0.3) is 0 Å². The fraction of sp³-hybridized carbons (Fsp3) is 0.0909. The van der Waals surface area contributed by atoms with Crippen molar-refractivity contribution in [2.24, 2.45) is 0 Å². The van der Waals surface area contributed by atoms with Crippen molar-refractivity contribution in [3.63, 3.8) is 0 Å². The van der Waals surface area contributed by atoms with Crippen molar-refractivity contribution in [3.8, 4) is 0 Å². The molecule has 2 N–H and O–H groups in total. The molecule has 0 spiro atoms. The van der Waals surface area contributed by atoms with E-state index in [0.717, 1.165) is 16.0 Å². The minimum Gasteiger partial charge on any atom is -0.440 e. The van der Waals surface area contributed by atoms with Crippen LogP contribution in [0.2, 0.25) is 0 Å². The molecular weight excluding hydrogens is 222 g/mol. The molecule has 2 aromatic heterocycles. The molecule has 2 heterocycles.